The molecule has 3 heterocycles. The third-order valence-corrected chi connectivity index (χ3v) is 11.6. The molecule has 0 amide bonds. The summed E-state index contributed by atoms with van der Waals surface area (Å²) in [5.74, 6) is 0.666. The van der Waals surface area contributed by atoms with Crippen molar-refractivity contribution in [1.82, 2.24) is 9.97 Å². The number of fused-ring (bicyclic) bond motifs is 7. The average molecular weight is 722 g/mol. The molecule has 0 fully saturated rings. The topological polar surface area (TPSA) is 42.2 Å². The molecule has 0 radical (unpaired) electrons. The SMILES string of the molecule is c1ccc(-c2cccc(N(c3ccccc3)c3cc(-c4nc(-c5ccccc5)c5sc6ccccc6c5n4)cc4c3oc3cc5ccccc5cc34)c2)cc1. The van der Waals surface area contributed by atoms with Gasteiger partial charge in [0.2, 0.25) is 0 Å². The summed E-state index contributed by atoms with van der Waals surface area (Å²) in [7, 11) is 0. The fraction of sp³-hybridized carbons (Fsp3) is 0. The predicted octanol–water partition coefficient (Wildman–Crippen LogP) is 14.4. The van der Waals surface area contributed by atoms with E-state index in [2.05, 4.69) is 187 Å². The lowest BCUT2D eigenvalue weighted by Crippen LogP contribution is -2.10. The third-order valence-electron chi connectivity index (χ3n) is 10.4. The van der Waals surface area contributed by atoms with E-state index in [9.17, 15) is 0 Å². The zero-order chi connectivity index (χ0) is 36.3. The molecular formula is C50H31N3OS. The van der Waals surface area contributed by atoms with Crippen LogP contribution in [0.4, 0.5) is 17.1 Å². The molecule has 4 nitrogen and oxygen atoms in total. The lowest BCUT2D eigenvalue weighted by molar-refractivity contribution is 0.669. The van der Waals surface area contributed by atoms with Crippen molar-refractivity contribution in [2.75, 3.05) is 4.90 Å². The monoisotopic (exact) mass is 721 g/mol. The first-order valence-corrected chi connectivity index (χ1v) is 19.2. The van der Waals surface area contributed by atoms with Crippen LogP contribution in [-0.4, -0.2) is 9.97 Å². The van der Waals surface area contributed by atoms with E-state index in [1.165, 1.54) is 4.70 Å². The molecule has 8 aromatic carbocycles. The van der Waals surface area contributed by atoms with Gasteiger partial charge >= 0.3 is 0 Å². The minimum atomic E-state index is 0.666. The van der Waals surface area contributed by atoms with Gasteiger partial charge < -0.3 is 9.32 Å². The highest BCUT2D eigenvalue weighted by molar-refractivity contribution is 7.26. The Labute approximate surface area is 321 Å². The van der Waals surface area contributed by atoms with Crippen LogP contribution in [0.3, 0.4) is 0 Å². The number of thiophene rings is 1. The van der Waals surface area contributed by atoms with Crippen LogP contribution in [0.25, 0.3) is 86.8 Å². The zero-order valence-electron chi connectivity index (χ0n) is 29.6. The fourth-order valence-corrected chi connectivity index (χ4v) is 8.97. The standard InChI is InChI=1S/C50H31N3OS/c1-4-15-32(16-5-1)34-21-14-24-39(27-34)53(38-22-8-3-9-23-38)43-30-37(29-42-41-28-35-19-10-11-20-36(35)31-44(41)54-48(42)43)50-51-46(33-17-6-2-7-18-33)49-47(52-50)40-25-12-13-26-45(40)55-49/h1-31H. The molecule has 0 saturated carbocycles. The van der Waals surface area contributed by atoms with E-state index in [1.807, 2.05) is 6.07 Å². The first-order chi connectivity index (χ1) is 27.2. The minimum Gasteiger partial charge on any atom is -0.454 e. The second kappa shape index (κ2) is 12.8. The summed E-state index contributed by atoms with van der Waals surface area (Å²) in [6.45, 7) is 0. The Morgan fingerprint density at radius 3 is 1.91 bits per heavy atom. The van der Waals surface area contributed by atoms with Crippen molar-refractivity contribution >= 4 is 81.4 Å². The van der Waals surface area contributed by atoms with Gasteiger partial charge in [-0.1, -0.05) is 133 Å². The van der Waals surface area contributed by atoms with Crippen LogP contribution in [0.5, 0.6) is 0 Å². The lowest BCUT2D eigenvalue weighted by atomic mass is 10.0. The van der Waals surface area contributed by atoms with Gasteiger partial charge in [-0.15, -0.1) is 11.3 Å². The van der Waals surface area contributed by atoms with E-state index in [0.29, 0.717) is 5.82 Å². The number of rotatable bonds is 6. The molecule has 11 aromatic rings. The molecule has 0 saturated heterocycles. The van der Waals surface area contributed by atoms with Crippen molar-refractivity contribution in [3.8, 4) is 33.8 Å². The Bertz CT molecular complexity index is 3210. The Morgan fingerprint density at radius 2 is 1.11 bits per heavy atom. The maximum absolute atomic E-state index is 6.95. The predicted molar refractivity (Wildman–Crippen MR) is 231 cm³/mol. The molecule has 3 aromatic heterocycles. The van der Waals surface area contributed by atoms with Crippen molar-refractivity contribution in [2.45, 2.75) is 0 Å². The average Bonchev–Trinajstić information content (AvgIpc) is 3.81. The molecule has 0 aliphatic heterocycles. The lowest BCUT2D eigenvalue weighted by Gasteiger charge is -2.26. The Balaban J connectivity index is 1.23. The number of hydrogen-bond acceptors (Lipinski definition) is 5. The Morgan fingerprint density at radius 1 is 0.455 bits per heavy atom. The highest BCUT2D eigenvalue weighted by atomic mass is 32.1. The highest BCUT2D eigenvalue weighted by Gasteiger charge is 2.24. The van der Waals surface area contributed by atoms with Crippen molar-refractivity contribution in [3.05, 3.63) is 188 Å². The van der Waals surface area contributed by atoms with E-state index in [1.54, 1.807) is 11.3 Å². The fourth-order valence-electron chi connectivity index (χ4n) is 7.81. The Kier molecular flexibility index (Phi) is 7.32. The molecule has 0 N–H and O–H groups in total. The molecule has 0 atom stereocenters. The number of para-hydroxylation sites is 1. The van der Waals surface area contributed by atoms with E-state index in [0.717, 1.165) is 93.3 Å². The molecule has 0 aliphatic carbocycles. The van der Waals surface area contributed by atoms with Crippen molar-refractivity contribution in [1.29, 1.82) is 0 Å². The van der Waals surface area contributed by atoms with Gasteiger partial charge in [0.15, 0.2) is 11.4 Å². The van der Waals surface area contributed by atoms with Gasteiger partial charge in [-0.25, -0.2) is 9.97 Å². The van der Waals surface area contributed by atoms with Gasteiger partial charge in [0.25, 0.3) is 0 Å². The largest absolute Gasteiger partial charge is 0.454 e. The zero-order valence-corrected chi connectivity index (χ0v) is 30.4. The summed E-state index contributed by atoms with van der Waals surface area (Å²) >= 11 is 1.75. The van der Waals surface area contributed by atoms with Crippen molar-refractivity contribution in [3.63, 3.8) is 0 Å². The van der Waals surface area contributed by atoms with Crippen LogP contribution in [0, 0.1) is 0 Å². The smallest absolute Gasteiger partial charge is 0.160 e. The molecule has 0 aliphatic rings. The second-order valence-corrected chi connectivity index (χ2v) is 14.8. The normalized spacial score (nSPS) is 11.6. The van der Waals surface area contributed by atoms with Gasteiger partial charge in [-0.05, 0) is 76.5 Å². The number of aromatic nitrogens is 2. The number of hydrogen-bond donors (Lipinski definition) is 0. The number of anilines is 3. The molecule has 55 heavy (non-hydrogen) atoms. The van der Waals surface area contributed by atoms with Crippen molar-refractivity contribution < 1.29 is 4.42 Å². The summed E-state index contributed by atoms with van der Waals surface area (Å²) in [5, 5.41) is 5.49. The molecule has 0 spiro atoms. The first-order valence-electron chi connectivity index (χ1n) is 18.4. The second-order valence-electron chi connectivity index (χ2n) is 13.8. The Hall–Kier alpha value is -7.08. The van der Waals surface area contributed by atoms with Crippen LogP contribution < -0.4 is 4.90 Å². The van der Waals surface area contributed by atoms with Gasteiger partial charge in [-0.3, -0.25) is 0 Å². The number of benzene rings is 8. The summed E-state index contributed by atoms with van der Waals surface area (Å²) in [6.07, 6.45) is 0. The van der Waals surface area contributed by atoms with Crippen LogP contribution in [0.2, 0.25) is 0 Å². The van der Waals surface area contributed by atoms with Gasteiger partial charge in [0.1, 0.15) is 5.58 Å². The molecular weight excluding hydrogens is 691 g/mol. The van der Waals surface area contributed by atoms with Crippen LogP contribution in [0.15, 0.2) is 192 Å². The number of furan rings is 1. The van der Waals surface area contributed by atoms with Crippen LogP contribution >= 0.6 is 11.3 Å². The highest BCUT2D eigenvalue weighted by Crippen LogP contribution is 2.46. The molecule has 0 unspecified atom stereocenters. The molecule has 258 valence electrons. The summed E-state index contributed by atoms with van der Waals surface area (Å²) in [5.41, 5.74) is 10.7. The van der Waals surface area contributed by atoms with Crippen molar-refractivity contribution in [2.24, 2.45) is 0 Å². The van der Waals surface area contributed by atoms with Crippen LogP contribution in [-0.2, 0) is 0 Å². The molecule has 0 bridgehead atoms. The molecule has 11 rings (SSSR count). The van der Waals surface area contributed by atoms with Gasteiger partial charge in [0, 0.05) is 43.4 Å². The van der Waals surface area contributed by atoms with Crippen LogP contribution in [0.1, 0.15) is 0 Å². The first kappa shape index (κ1) is 31.4. The summed E-state index contributed by atoms with van der Waals surface area (Å²) < 4.78 is 9.23. The van der Waals surface area contributed by atoms with E-state index < -0.39 is 0 Å². The van der Waals surface area contributed by atoms with E-state index >= 15 is 0 Å². The quantitative estimate of drug-likeness (QED) is 0.171. The maximum Gasteiger partial charge on any atom is 0.160 e. The van der Waals surface area contributed by atoms with E-state index in [-0.39, 0.29) is 0 Å². The molecule has 5 heteroatoms. The van der Waals surface area contributed by atoms with E-state index in [4.69, 9.17) is 14.4 Å². The number of nitrogens with zero attached hydrogens (tertiary/aromatic N) is 3. The minimum absolute atomic E-state index is 0.666. The maximum atomic E-state index is 6.95. The summed E-state index contributed by atoms with van der Waals surface area (Å²) in [4.78, 5) is 13.1. The summed E-state index contributed by atoms with van der Waals surface area (Å²) in [6, 6.07) is 66.0. The van der Waals surface area contributed by atoms with Gasteiger partial charge in [0.05, 0.1) is 21.6 Å². The van der Waals surface area contributed by atoms with Gasteiger partial charge in [-0.2, -0.15) is 0 Å². The third kappa shape index (κ3) is 5.36.